The van der Waals surface area contributed by atoms with Crippen LogP contribution in [0.15, 0.2) is 83.8 Å². The topological polar surface area (TPSA) is 72.9 Å². The minimum atomic E-state index is -3.67. The third-order valence-corrected chi connectivity index (χ3v) is 5.94. The number of rotatable bonds is 6. The number of nitrogens with zero attached hydrogens (tertiary/aromatic N) is 1. The molecule has 0 spiro atoms. The normalized spacial score (nSPS) is 10.9. The van der Waals surface area contributed by atoms with Crippen molar-refractivity contribution < 1.29 is 22.7 Å². The van der Waals surface area contributed by atoms with E-state index in [-0.39, 0.29) is 4.90 Å². The Labute approximate surface area is 164 Å². The number of methoxy groups -OCH3 is 1. The smallest absolute Gasteiger partial charge is 0.347 e. The van der Waals surface area contributed by atoms with Crippen LogP contribution >= 0.6 is 0 Å². The summed E-state index contributed by atoms with van der Waals surface area (Å²) in [7, 11) is -0.724. The van der Waals surface area contributed by atoms with Gasteiger partial charge < -0.3 is 9.47 Å². The van der Waals surface area contributed by atoms with Crippen molar-refractivity contribution in [2.45, 2.75) is 4.90 Å². The molecule has 3 aromatic rings. The molecule has 0 atom stereocenters. The third kappa shape index (κ3) is 3.99. The number of para-hydroxylation sites is 1. The number of sulfonamides is 1. The summed E-state index contributed by atoms with van der Waals surface area (Å²) in [5, 5.41) is 0. The van der Waals surface area contributed by atoms with Gasteiger partial charge >= 0.3 is 5.97 Å². The second-order valence-electron chi connectivity index (χ2n) is 5.87. The summed E-state index contributed by atoms with van der Waals surface area (Å²) >= 11 is 0. The van der Waals surface area contributed by atoms with Gasteiger partial charge in [0.25, 0.3) is 10.0 Å². The molecule has 0 aliphatic rings. The monoisotopic (exact) mass is 397 g/mol. The molecule has 0 heterocycles. The van der Waals surface area contributed by atoms with E-state index in [0.717, 1.165) is 0 Å². The molecule has 0 aromatic heterocycles. The molecule has 0 saturated heterocycles. The van der Waals surface area contributed by atoms with Crippen LogP contribution in [0.4, 0.5) is 5.69 Å². The van der Waals surface area contributed by atoms with E-state index in [1.807, 2.05) is 0 Å². The average Bonchev–Trinajstić information content (AvgIpc) is 2.74. The Kier molecular flexibility index (Phi) is 5.65. The first kappa shape index (κ1) is 19.4. The van der Waals surface area contributed by atoms with Crippen molar-refractivity contribution in [1.82, 2.24) is 0 Å². The number of ether oxygens (including phenoxy) is 2. The lowest BCUT2D eigenvalue weighted by atomic mass is 10.2. The largest absolute Gasteiger partial charge is 0.496 e. The summed E-state index contributed by atoms with van der Waals surface area (Å²) in [6.45, 7) is 0. The average molecular weight is 397 g/mol. The Morgan fingerprint density at radius 3 is 2.11 bits per heavy atom. The van der Waals surface area contributed by atoms with E-state index < -0.39 is 16.0 Å². The molecular weight excluding hydrogens is 378 g/mol. The standard InChI is InChI=1S/C21H19NO5S/c1-22(28(24,25)18-8-4-3-5-9-18)16-12-14-17(15-13-16)27-21(23)19-10-6-7-11-20(19)26-2/h3-15H,1-2H3. The van der Waals surface area contributed by atoms with E-state index in [1.165, 1.54) is 30.6 Å². The molecule has 6 nitrogen and oxygen atoms in total. The number of hydrogen-bond acceptors (Lipinski definition) is 5. The summed E-state index contributed by atoms with van der Waals surface area (Å²) in [6, 6.07) is 21.1. The Balaban J connectivity index is 1.77. The molecule has 0 aliphatic carbocycles. The van der Waals surface area contributed by atoms with Gasteiger partial charge in [-0.1, -0.05) is 30.3 Å². The van der Waals surface area contributed by atoms with Crippen LogP contribution in [0.5, 0.6) is 11.5 Å². The zero-order valence-electron chi connectivity index (χ0n) is 15.4. The van der Waals surface area contributed by atoms with Crippen molar-refractivity contribution in [2.75, 3.05) is 18.5 Å². The van der Waals surface area contributed by atoms with Gasteiger partial charge in [0, 0.05) is 7.05 Å². The van der Waals surface area contributed by atoms with E-state index in [4.69, 9.17) is 9.47 Å². The third-order valence-electron chi connectivity index (χ3n) is 4.14. The van der Waals surface area contributed by atoms with Crippen LogP contribution in [-0.2, 0) is 10.0 Å². The molecule has 0 N–H and O–H groups in total. The quantitative estimate of drug-likeness (QED) is 0.468. The Bertz CT molecular complexity index is 1060. The van der Waals surface area contributed by atoms with Gasteiger partial charge in [-0.25, -0.2) is 13.2 Å². The van der Waals surface area contributed by atoms with E-state index in [0.29, 0.717) is 22.7 Å². The number of carbonyl (C=O) groups excluding carboxylic acids is 1. The predicted molar refractivity (Wildman–Crippen MR) is 106 cm³/mol. The van der Waals surface area contributed by atoms with Gasteiger partial charge in [-0.3, -0.25) is 4.31 Å². The van der Waals surface area contributed by atoms with Crippen molar-refractivity contribution >= 4 is 21.7 Å². The molecule has 0 fully saturated rings. The lowest BCUT2D eigenvalue weighted by Gasteiger charge is -2.19. The first-order chi connectivity index (χ1) is 13.4. The van der Waals surface area contributed by atoms with Gasteiger partial charge in [-0.05, 0) is 48.5 Å². The maximum Gasteiger partial charge on any atom is 0.347 e. The minimum Gasteiger partial charge on any atom is -0.496 e. The highest BCUT2D eigenvalue weighted by atomic mass is 32.2. The highest BCUT2D eigenvalue weighted by Gasteiger charge is 2.21. The van der Waals surface area contributed by atoms with Crippen LogP contribution in [-0.4, -0.2) is 28.5 Å². The molecule has 28 heavy (non-hydrogen) atoms. The Morgan fingerprint density at radius 2 is 1.46 bits per heavy atom. The first-order valence-electron chi connectivity index (χ1n) is 8.42. The van der Waals surface area contributed by atoms with E-state index in [2.05, 4.69) is 0 Å². The van der Waals surface area contributed by atoms with E-state index in [1.54, 1.807) is 66.7 Å². The van der Waals surface area contributed by atoms with Crippen LogP contribution in [0.1, 0.15) is 10.4 Å². The lowest BCUT2D eigenvalue weighted by Crippen LogP contribution is -2.26. The zero-order valence-corrected chi connectivity index (χ0v) is 16.2. The molecule has 3 aromatic carbocycles. The van der Waals surface area contributed by atoms with Crippen LogP contribution in [0.25, 0.3) is 0 Å². The summed E-state index contributed by atoms with van der Waals surface area (Å²) in [5.74, 6) is 0.151. The van der Waals surface area contributed by atoms with Crippen molar-refractivity contribution in [3.8, 4) is 11.5 Å². The van der Waals surface area contributed by atoms with Gasteiger partial charge in [0.05, 0.1) is 17.7 Å². The van der Waals surface area contributed by atoms with E-state index in [9.17, 15) is 13.2 Å². The van der Waals surface area contributed by atoms with Crippen LogP contribution in [0.3, 0.4) is 0 Å². The molecule has 0 saturated carbocycles. The Hall–Kier alpha value is -3.32. The number of benzene rings is 3. The molecular formula is C21H19NO5S. The molecule has 0 bridgehead atoms. The lowest BCUT2D eigenvalue weighted by molar-refractivity contribution is 0.0731. The van der Waals surface area contributed by atoms with Crippen molar-refractivity contribution in [1.29, 1.82) is 0 Å². The SMILES string of the molecule is COc1ccccc1C(=O)Oc1ccc(N(C)S(=O)(=O)c2ccccc2)cc1. The van der Waals surface area contributed by atoms with Gasteiger partial charge in [0.1, 0.15) is 17.1 Å². The highest BCUT2D eigenvalue weighted by molar-refractivity contribution is 7.92. The fourth-order valence-corrected chi connectivity index (χ4v) is 3.81. The molecule has 3 rings (SSSR count). The second-order valence-corrected chi connectivity index (χ2v) is 7.84. The Morgan fingerprint density at radius 1 is 0.857 bits per heavy atom. The molecule has 0 radical (unpaired) electrons. The summed E-state index contributed by atoms with van der Waals surface area (Å²) in [6.07, 6.45) is 0. The van der Waals surface area contributed by atoms with Crippen LogP contribution in [0.2, 0.25) is 0 Å². The van der Waals surface area contributed by atoms with Gasteiger partial charge in [0.15, 0.2) is 0 Å². The van der Waals surface area contributed by atoms with Gasteiger partial charge in [-0.2, -0.15) is 0 Å². The number of carbonyl (C=O) groups is 1. The summed E-state index contributed by atoms with van der Waals surface area (Å²) in [5.41, 5.74) is 0.749. The molecule has 144 valence electrons. The zero-order chi connectivity index (χ0) is 20.1. The van der Waals surface area contributed by atoms with Crippen LogP contribution < -0.4 is 13.8 Å². The van der Waals surface area contributed by atoms with Crippen LogP contribution in [0, 0.1) is 0 Å². The van der Waals surface area contributed by atoms with Crippen molar-refractivity contribution in [3.63, 3.8) is 0 Å². The minimum absolute atomic E-state index is 0.198. The molecule has 0 aliphatic heterocycles. The molecule has 0 unspecified atom stereocenters. The van der Waals surface area contributed by atoms with E-state index >= 15 is 0 Å². The second kappa shape index (κ2) is 8.14. The fraction of sp³-hybridized carbons (Fsp3) is 0.0952. The number of hydrogen-bond donors (Lipinski definition) is 0. The van der Waals surface area contributed by atoms with Crippen molar-refractivity contribution in [2.24, 2.45) is 0 Å². The summed E-state index contributed by atoms with van der Waals surface area (Å²) in [4.78, 5) is 12.5. The predicted octanol–water partition coefficient (Wildman–Crippen LogP) is 3.74. The van der Waals surface area contributed by atoms with Gasteiger partial charge in [-0.15, -0.1) is 0 Å². The van der Waals surface area contributed by atoms with Crippen molar-refractivity contribution in [3.05, 3.63) is 84.4 Å². The fourth-order valence-electron chi connectivity index (χ4n) is 2.59. The summed E-state index contributed by atoms with van der Waals surface area (Å²) < 4.78 is 37.1. The molecule has 0 amide bonds. The number of esters is 1. The number of anilines is 1. The first-order valence-corrected chi connectivity index (χ1v) is 9.87. The maximum atomic E-state index is 12.7. The molecule has 7 heteroatoms. The highest BCUT2D eigenvalue weighted by Crippen LogP contribution is 2.25. The maximum absolute atomic E-state index is 12.7. The van der Waals surface area contributed by atoms with Gasteiger partial charge in [0.2, 0.25) is 0 Å².